The Morgan fingerprint density at radius 1 is 1.04 bits per heavy atom. The van der Waals surface area contributed by atoms with Gasteiger partial charge in [-0.1, -0.05) is 47.0 Å². The third-order valence-corrected chi connectivity index (χ3v) is 10.7. The third kappa shape index (κ3) is 14.4. The minimum Gasteiger partial charge on any atom is -0.545 e. The van der Waals surface area contributed by atoms with Crippen LogP contribution in [0.2, 0.25) is 0 Å². The van der Waals surface area contributed by atoms with Crippen LogP contribution in [0.5, 0.6) is 5.75 Å². The molecule has 5 unspecified atom stereocenters. The van der Waals surface area contributed by atoms with Gasteiger partial charge in [0.15, 0.2) is 0 Å². The molecule has 2 aromatic rings. The van der Waals surface area contributed by atoms with E-state index in [2.05, 4.69) is 42.9 Å². The summed E-state index contributed by atoms with van der Waals surface area (Å²) in [6, 6.07) is 3.95. The van der Waals surface area contributed by atoms with Crippen LogP contribution in [0.3, 0.4) is 0 Å². The topological polar surface area (TPSA) is 129 Å². The van der Waals surface area contributed by atoms with Crippen molar-refractivity contribution in [1.82, 2.24) is 15.2 Å². The molecule has 1 aromatic carbocycles. The predicted octanol–water partition coefficient (Wildman–Crippen LogP) is 7.67. The zero-order valence-electron chi connectivity index (χ0n) is 32.8. The van der Waals surface area contributed by atoms with Crippen molar-refractivity contribution in [1.29, 1.82) is 0 Å². The molecule has 1 radical (unpaired) electrons. The number of halogens is 5. The molecule has 0 spiro atoms. The molecule has 307 valence electrons. The van der Waals surface area contributed by atoms with Crippen molar-refractivity contribution in [3.05, 3.63) is 39.7 Å². The Balaban J connectivity index is 0.000000964. The molecule has 3 fully saturated rings. The maximum Gasteiger partial charge on any atom is 0.417 e. The van der Waals surface area contributed by atoms with Crippen molar-refractivity contribution in [2.24, 2.45) is 29.1 Å². The first-order valence-corrected chi connectivity index (χ1v) is 18.1. The van der Waals surface area contributed by atoms with Crippen LogP contribution in [-0.2, 0) is 45.0 Å². The maximum absolute atomic E-state index is 14.9. The summed E-state index contributed by atoms with van der Waals surface area (Å²) in [5.41, 5.74) is -4.85. The van der Waals surface area contributed by atoms with Crippen LogP contribution in [0.4, 0.5) is 22.0 Å². The van der Waals surface area contributed by atoms with Crippen LogP contribution in [0.1, 0.15) is 104 Å². The number of hydrogen-bond acceptors (Lipinski definition) is 7. The second kappa shape index (κ2) is 23.3. The van der Waals surface area contributed by atoms with Gasteiger partial charge in [0.2, 0.25) is 6.41 Å². The number of H-pyrrole nitrogens is 1. The van der Waals surface area contributed by atoms with E-state index in [1.807, 2.05) is 20.8 Å². The number of aliphatic hydroxyl groups excluding tert-OH is 1. The number of aliphatic hydroxyl groups is 1. The summed E-state index contributed by atoms with van der Waals surface area (Å²) in [5, 5.41) is 8.95. The zero-order valence-corrected chi connectivity index (χ0v) is 34.2. The molecule has 6 atom stereocenters. The number of unbranched alkanes of at least 4 members (excludes halogenated alkanes) is 1. The summed E-state index contributed by atoms with van der Waals surface area (Å²) in [4.78, 5) is 45.0. The van der Waals surface area contributed by atoms with Crippen LogP contribution in [0.25, 0.3) is 10.9 Å². The number of pyridine rings is 1. The molecule has 0 bridgehead atoms. The molecule has 1 amide bonds. The Labute approximate surface area is 328 Å². The molecule has 2 saturated carbocycles. The molecule has 1 aliphatic heterocycles. The van der Waals surface area contributed by atoms with Crippen LogP contribution in [-0.4, -0.2) is 74.4 Å². The number of alkyl halides is 5. The number of amides is 1. The Morgan fingerprint density at radius 3 is 2.06 bits per heavy atom. The van der Waals surface area contributed by atoms with Crippen molar-refractivity contribution in [2.75, 3.05) is 27.8 Å². The number of carbonyl (C=O) groups is 2. The van der Waals surface area contributed by atoms with Crippen molar-refractivity contribution < 1.29 is 64.7 Å². The quantitative estimate of drug-likeness (QED) is 0.0920. The molecule has 2 aliphatic carbocycles. The van der Waals surface area contributed by atoms with Gasteiger partial charge in [-0.2, -0.15) is 13.2 Å². The first-order valence-electron chi connectivity index (χ1n) is 18.1. The standard InChI is InChI=1S/C22H24F5NO2.C8H17N.C7H13NO2.CH4O.CHO.V/c1-30-14-7-8-15-17(11-14)28-20(29)19(18(15)22(25,26)27)21(23,24)9-3-2-4-12-5-6-13-10-16(12)13;1-4-8-5-6-9(3)7(8)2;1-7(2,3)6(4-9)8-5-10;2*1-2;/h7-8,11-13,16H,2-6,9-10H2,1H3,(H,28,29);7-8H,4-6H2,1-3H3;4-6H,1-3H3,(H,8,10);2H,1H3;1H;/q;;;;-1;/t;;6-;;;/m..1.../s1. The summed E-state index contributed by atoms with van der Waals surface area (Å²) in [5.74, 6) is -0.591. The molecule has 2 heterocycles. The summed E-state index contributed by atoms with van der Waals surface area (Å²) < 4.78 is 76.2. The molecule has 54 heavy (non-hydrogen) atoms. The van der Waals surface area contributed by atoms with Crippen LogP contribution < -0.4 is 15.6 Å². The molecule has 15 heteroatoms. The third-order valence-electron chi connectivity index (χ3n) is 10.7. The molecule has 1 aromatic heterocycles. The second-order valence-corrected chi connectivity index (χ2v) is 15.0. The number of rotatable bonds is 11. The number of benzene rings is 1. The number of methoxy groups -OCH3 is 1. The SMILES string of the molecule is CC(C)(C)[C@@H](C=O)NC=O.CCC1CCN(C)C1C.CO.COc1ccc2c(C(F)(F)F)c(C(F)(F)CCCCC3CCC4CC34)c(=O)[nH]c2c1.[CH-]=O.[V]. The van der Waals surface area contributed by atoms with Gasteiger partial charge < -0.3 is 34.6 Å². The fraction of sp³-hybridized carbons (Fsp3) is 0.692. The Morgan fingerprint density at radius 2 is 1.67 bits per heavy atom. The molecule has 9 nitrogen and oxygen atoms in total. The van der Waals surface area contributed by atoms with Gasteiger partial charge in [-0.3, -0.25) is 16.4 Å². The van der Waals surface area contributed by atoms with Gasteiger partial charge in [0.05, 0.1) is 29.8 Å². The molecular weight excluding hydrogens is 752 g/mol. The van der Waals surface area contributed by atoms with E-state index in [0.29, 0.717) is 18.7 Å². The molecular formula is C39H59F5N3O6V-. The normalized spacial score (nSPS) is 22.1. The average molecular weight is 812 g/mol. The number of fused-ring (bicyclic) bond motifs is 2. The first-order chi connectivity index (χ1) is 24.9. The maximum atomic E-state index is 14.9. The number of aromatic amines is 1. The molecule has 3 aliphatic rings. The van der Waals surface area contributed by atoms with Crippen molar-refractivity contribution in [2.45, 2.75) is 117 Å². The minimum absolute atomic E-state index is 0. The Kier molecular flexibility index (Phi) is 22.1. The van der Waals surface area contributed by atoms with E-state index < -0.39 is 40.6 Å². The summed E-state index contributed by atoms with van der Waals surface area (Å²) >= 11 is 0. The number of hydrogen-bond donors (Lipinski definition) is 3. The largest absolute Gasteiger partial charge is 0.545 e. The molecule has 1 saturated heterocycles. The minimum atomic E-state index is -5.09. The smallest absolute Gasteiger partial charge is 0.417 e. The average Bonchev–Trinajstić information content (AvgIpc) is 3.68. The molecule has 3 N–H and O–H groups in total. The van der Waals surface area contributed by atoms with Crippen LogP contribution >= 0.6 is 0 Å². The van der Waals surface area contributed by atoms with E-state index in [9.17, 15) is 36.3 Å². The van der Waals surface area contributed by atoms with Gasteiger partial charge in [0.25, 0.3) is 11.5 Å². The van der Waals surface area contributed by atoms with E-state index in [1.165, 1.54) is 51.5 Å². The summed E-state index contributed by atoms with van der Waals surface area (Å²) in [6.45, 7) is 14.9. The fourth-order valence-corrected chi connectivity index (χ4v) is 7.39. The van der Waals surface area contributed by atoms with Gasteiger partial charge in [-0.05, 0) is 93.8 Å². The van der Waals surface area contributed by atoms with E-state index in [-0.39, 0.29) is 47.7 Å². The van der Waals surface area contributed by atoms with Crippen molar-refractivity contribution in [3.8, 4) is 5.75 Å². The van der Waals surface area contributed by atoms with Crippen molar-refractivity contribution in [3.63, 3.8) is 0 Å². The number of ether oxygens (including phenoxy) is 1. The van der Waals surface area contributed by atoms with Gasteiger partial charge in [0.1, 0.15) is 12.0 Å². The second-order valence-electron chi connectivity index (χ2n) is 15.0. The number of nitrogens with one attached hydrogen (secondary N) is 2. The van der Waals surface area contributed by atoms with Gasteiger partial charge >= 0.3 is 6.18 Å². The Hall–Kier alpha value is -2.81. The van der Waals surface area contributed by atoms with Crippen LogP contribution in [0.15, 0.2) is 23.0 Å². The number of likely N-dealkylation sites (tertiary alicyclic amines) is 1. The molecule has 5 rings (SSSR count). The van der Waals surface area contributed by atoms with E-state index >= 15 is 0 Å². The van der Waals surface area contributed by atoms with Gasteiger partial charge in [0, 0.05) is 49.6 Å². The number of carbonyl (C=O) groups excluding carboxylic acids is 3. The van der Waals surface area contributed by atoms with E-state index in [4.69, 9.17) is 14.6 Å². The predicted molar refractivity (Wildman–Crippen MR) is 197 cm³/mol. The first kappa shape index (κ1) is 51.2. The number of aromatic nitrogens is 1. The number of aldehydes is 1. The summed E-state index contributed by atoms with van der Waals surface area (Å²) in [6.07, 6.45) is 3.19. The monoisotopic (exact) mass is 811 g/mol. The van der Waals surface area contributed by atoms with Crippen LogP contribution in [0, 0.1) is 29.1 Å². The van der Waals surface area contributed by atoms with E-state index in [0.717, 1.165) is 56.1 Å². The summed E-state index contributed by atoms with van der Waals surface area (Å²) in [7, 11) is 4.54. The fourth-order valence-electron chi connectivity index (χ4n) is 7.39. The zero-order chi connectivity index (χ0) is 40.7. The van der Waals surface area contributed by atoms with E-state index in [1.54, 1.807) is 0 Å². The van der Waals surface area contributed by atoms with Gasteiger partial charge in [-0.25, -0.2) is 8.78 Å². The Bertz CT molecular complexity index is 1490. The van der Waals surface area contributed by atoms with Gasteiger partial charge in [-0.15, -0.1) is 0 Å². The number of nitrogens with zero attached hydrogens (tertiary/aromatic N) is 1. The van der Waals surface area contributed by atoms with Crippen molar-refractivity contribution >= 4 is 30.4 Å².